The van der Waals surface area contributed by atoms with E-state index in [0.717, 1.165) is 57.5 Å². The lowest BCUT2D eigenvalue weighted by molar-refractivity contribution is -0.127. The van der Waals surface area contributed by atoms with Crippen LogP contribution in [0.25, 0.3) is 0 Å². The first-order valence-electron chi connectivity index (χ1n) is 10.2. The number of hydrogen-bond acceptors (Lipinski definition) is 5. The summed E-state index contributed by atoms with van der Waals surface area (Å²) in [6.07, 6.45) is 8.07. The zero-order valence-electron chi connectivity index (χ0n) is 16.0. The van der Waals surface area contributed by atoms with Gasteiger partial charge in [0, 0.05) is 18.1 Å². The Bertz CT molecular complexity index is 646. The van der Waals surface area contributed by atoms with Crippen LogP contribution in [-0.4, -0.2) is 52.7 Å². The lowest BCUT2D eigenvalue weighted by Crippen LogP contribution is -2.63. The fourth-order valence-electron chi connectivity index (χ4n) is 5.26. The van der Waals surface area contributed by atoms with Gasteiger partial charge in [0.1, 0.15) is 0 Å². The quantitative estimate of drug-likeness (QED) is 0.838. The summed E-state index contributed by atoms with van der Waals surface area (Å²) in [4.78, 5) is 12.9. The molecule has 0 bridgehead atoms. The van der Waals surface area contributed by atoms with E-state index in [2.05, 4.69) is 27.9 Å². The molecule has 1 amide bonds. The van der Waals surface area contributed by atoms with Crippen LogP contribution in [0.4, 0.5) is 0 Å². The molecule has 0 aromatic carbocycles. The third-order valence-corrected chi connectivity index (χ3v) is 6.79. The average Bonchev–Trinajstić information content (AvgIpc) is 3.30. The molecule has 2 aliphatic carbocycles. The zero-order chi connectivity index (χ0) is 18.1. The van der Waals surface area contributed by atoms with Crippen molar-refractivity contribution in [2.24, 2.45) is 5.41 Å². The summed E-state index contributed by atoms with van der Waals surface area (Å²) in [5.74, 6) is -0.0751. The Kier molecular flexibility index (Phi) is 5.01. The van der Waals surface area contributed by atoms with Crippen molar-refractivity contribution in [1.29, 1.82) is 0 Å². The summed E-state index contributed by atoms with van der Waals surface area (Å²) in [5.41, 5.74) is 1.51. The molecule has 7 nitrogen and oxygen atoms in total. The predicted octanol–water partition coefficient (Wildman–Crippen LogP) is 1.98. The molecule has 1 spiro atoms. The van der Waals surface area contributed by atoms with Gasteiger partial charge in [0.25, 0.3) is 5.91 Å². The van der Waals surface area contributed by atoms with Crippen molar-refractivity contribution in [3.8, 4) is 0 Å². The molecule has 1 aliphatic heterocycles. The molecule has 2 heterocycles. The van der Waals surface area contributed by atoms with Crippen molar-refractivity contribution in [2.45, 2.75) is 77.0 Å². The standard InChI is InChI=1S/C19H31N5O2/c1-3-26-16-12-15(19(16)8-4-5-9-19)21-18(25)17-13(2)24(23-22-17)14-6-10-20-11-7-14/h14-16,20H,3-12H2,1-2H3,(H,21,25). The molecule has 0 radical (unpaired) electrons. The number of carbonyl (C=O) groups is 1. The molecule has 2 N–H and O–H groups in total. The minimum atomic E-state index is -0.0751. The molecule has 2 saturated carbocycles. The number of carbonyl (C=O) groups excluding carboxylic acids is 1. The topological polar surface area (TPSA) is 81.1 Å². The minimum Gasteiger partial charge on any atom is -0.378 e. The highest BCUT2D eigenvalue weighted by Crippen LogP contribution is 2.54. The van der Waals surface area contributed by atoms with E-state index >= 15 is 0 Å². The maximum absolute atomic E-state index is 12.9. The highest BCUT2D eigenvalue weighted by molar-refractivity contribution is 5.93. The third kappa shape index (κ3) is 2.95. The van der Waals surface area contributed by atoms with Crippen LogP contribution >= 0.6 is 0 Å². The van der Waals surface area contributed by atoms with Gasteiger partial charge in [-0.1, -0.05) is 18.1 Å². The second-order valence-corrected chi connectivity index (χ2v) is 8.10. The smallest absolute Gasteiger partial charge is 0.273 e. The van der Waals surface area contributed by atoms with Crippen LogP contribution in [0.3, 0.4) is 0 Å². The van der Waals surface area contributed by atoms with Gasteiger partial charge >= 0.3 is 0 Å². The number of piperidine rings is 1. The van der Waals surface area contributed by atoms with Gasteiger partial charge in [-0.3, -0.25) is 4.79 Å². The molecule has 3 aliphatic rings. The molecule has 1 aromatic heterocycles. The Morgan fingerprint density at radius 3 is 2.77 bits per heavy atom. The van der Waals surface area contributed by atoms with Gasteiger partial charge in [0.05, 0.1) is 17.8 Å². The molecule has 7 heteroatoms. The van der Waals surface area contributed by atoms with Crippen molar-refractivity contribution in [1.82, 2.24) is 25.6 Å². The number of amides is 1. The van der Waals surface area contributed by atoms with Crippen LogP contribution in [0.2, 0.25) is 0 Å². The summed E-state index contributed by atoms with van der Waals surface area (Å²) < 4.78 is 7.90. The van der Waals surface area contributed by atoms with Crippen molar-refractivity contribution in [3.05, 3.63) is 11.4 Å². The molecular weight excluding hydrogens is 330 g/mol. The van der Waals surface area contributed by atoms with E-state index < -0.39 is 0 Å². The lowest BCUT2D eigenvalue weighted by Gasteiger charge is -2.54. The zero-order valence-corrected chi connectivity index (χ0v) is 16.0. The highest BCUT2D eigenvalue weighted by Gasteiger charge is 2.57. The second kappa shape index (κ2) is 7.27. The van der Waals surface area contributed by atoms with E-state index in [1.54, 1.807) is 0 Å². The van der Waals surface area contributed by atoms with Gasteiger partial charge in [0.2, 0.25) is 0 Å². The summed E-state index contributed by atoms with van der Waals surface area (Å²) >= 11 is 0. The van der Waals surface area contributed by atoms with Crippen molar-refractivity contribution in [2.75, 3.05) is 19.7 Å². The van der Waals surface area contributed by atoms with E-state index in [9.17, 15) is 4.79 Å². The Labute approximate surface area is 155 Å². The van der Waals surface area contributed by atoms with Crippen LogP contribution in [-0.2, 0) is 4.74 Å². The summed E-state index contributed by atoms with van der Waals surface area (Å²) in [6.45, 7) is 6.75. The van der Waals surface area contributed by atoms with Crippen LogP contribution in [0.1, 0.15) is 74.1 Å². The highest BCUT2D eigenvalue weighted by atomic mass is 16.5. The van der Waals surface area contributed by atoms with Crippen molar-refractivity contribution < 1.29 is 9.53 Å². The van der Waals surface area contributed by atoms with E-state index in [4.69, 9.17) is 4.74 Å². The first-order chi connectivity index (χ1) is 12.7. The molecule has 1 saturated heterocycles. The minimum absolute atomic E-state index is 0.0751. The normalized spacial score (nSPS) is 28.2. The van der Waals surface area contributed by atoms with Gasteiger partial charge in [0.15, 0.2) is 5.69 Å². The molecule has 26 heavy (non-hydrogen) atoms. The maximum atomic E-state index is 12.9. The number of aromatic nitrogens is 3. The van der Waals surface area contributed by atoms with Crippen LogP contribution in [0.15, 0.2) is 0 Å². The Morgan fingerprint density at radius 2 is 2.08 bits per heavy atom. The molecule has 2 atom stereocenters. The summed E-state index contributed by atoms with van der Waals surface area (Å²) in [5, 5.41) is 15.1. The largest absolute Gasteiger partial charge is 0.378 e. The first-order valence-corrected chi connectivity index (χ1v) is 10.2. The molecule has 2 unspecified atom stereocenters. The summed E-state index contributed by atoms with van der Waals surface area (Å²) in [7, 11) is 0. The summed E-state index contributed by atoms with van der Waals surface area (Å²) in [6, 6.07) is 0.551. The Hall–Kier alpha value is -1.47. The maximum Gasteiger partial charge on any atom is 0.273 e. The molecule has 4 rings (SSSR count). The van der Waals surface area contributed by atoms with Gasteiger partial charge in [-0.2, -0.15) is 0 Å². The van der Waals surface area contributed by atoms with E-state index in [-0.39, 0.29) is 17.4 Å². The molecular formula is C19H31N5O2. The number of ether oxygens (including phenoxy) is 1. The van der Waals surface area contributed by atoms with Gasteiger partial charge in [-0.15, -0.1) is 5.10 Å². The third-order valence-electron chi connectivity index (χ3n) is 6.79. The van der Waals surface area contributed by atoms with E-state index in [1.165, 1.54) is 12.8 Å². The second-order valence-electron chi connectivity index (χ2n) is 8.10. The number of hydrogen-bond donors (Lipinski definition) is 2. The van der Waals surface area contributed by atoms with Gasteiger partial charge in [-0.05, 0) is 59.0 Å². The average molecular weight is 361 g/mol. The molecule has 3 fully saturated rings. The van der Waals surface area contributed by atoms with Crippen LogP contribution < -0.4 is 10.6 Å². The van der Waals surface area contributed by atoms with Crippen molar-refractivity contribution >= 4 is 5.91 Å². The first kappa shape index (κ1) is 17.9. The fraction of sp³-hybridized carbons (Fsp3) is 0.842. The van der Waals surface area contributed by atoms with E-state index in [1.807, 2.05) is 11.6 Å². The molecule has 144 valence electrons. The number of nitrogens with zero attached hydrogens (tertiary/aromatic N) is 3. The van der Waals surface area contributed by atoms with Gasteiger partial charge < -0.3 is 15.4 Å². The van der Waals surface area contributed by atoms with Crippen molar-refractivity contribution in [3.63, 3.8) is 0 Å². The fourth-order valence-corrected chi connectivity index (χ4v) is 5.26. The Morgan fingerprint density at radius 1 is 1.35 bits per heavy atom. The van der Waals surface area contributed by atoms with E-state index in [0.29, 0.717) is 17.8 Å². The molecule has 1 aromatic rings. The van der Waals surface area contributed by atoms with Gasteiger partial charge in [-0.25, -0.2) is 4.68 Å². The monoisotopic (exact) mass is 361 g/mol. The number of rotatable bonds is 5. The SMILES string of the molecule is CCOC1CC(NC(=O)c2nnn(C3CCNCC3)c2C)C12CCCC2. The van der Waals surface area contributed by atoms with Crippen LogP contribution in [0, 0.1) is 12.3 Å². The lowest BCUT2D eigenvalue weighted by atomic mass is 9.60. The van der Waals surface area contributed by atoms with Crippen LogP contribution in [0.5, 0.6) is 0 Å². The Balaban J connectivity index is 1.45. The predicted molar refractivity (Wildman–Crippen MR) is 98.1 cm³/mol. The number of nitrogens with one attached hydrogen (secondary N) is 2.